The molecule has 1 aliphatic carbocycles. The Morgan fingerprint density at radius 3 is 2.26 bits per heavy atom. The van der Waals surface area contributed by atoms with Gasteiger partial charge in [-0.25, -0.2) is 4.79 Å². The van der Waals surface area contributed by atoms with Crippen LogP contribution in [0.1, 0.15) is 58.8 Å². The summed E-state index contributed by atoms with van der Waals surface area (Å²) in [7, 11) is 0. The maximum Gasteiger partial charge on any atom is 0.315 e. The molecule has 0 bridgehead atoms. The lowest BCUT2D eigenvalue weighted by Crippen LogP contribution is -2.52. The Morgan fingerprint density at radius 2 is 1.79 bits per heavy atom. The number of carboxylic acids is 1. The van der Waals surface area contributed by atoms with Gasteiger partial charge in [-0.1, -0.05) is 39.5 Å². The van der Waals surface area contributed by atoms with Crippen LogP contribution in [-0.2, 0) is 4.79 Å². The average Bonchev–Trinajstić information content (AvgIpc) is 2.77. The van der Waals surface area contributed by atoms with E-state index in [1.165, 1.54) is 0 Å². The fraction of sp³-hybridized carbons (Fsp3) is 0.857. The predicted octanol–water partition coefficient (Wildman–Crippen LogP) is 2.51. The van der Waals surface area contributed by atoms with Gasteiger partial charge < -0.3 is 15.7 Å². The fourth-order valence-corrected chi connectivity index (χ4v) is 2.79. The molecular weight excluding hydrogens is 244 g/mol. The number of carbonyl (C=O) groups is 2. The summed E-state index contributed by atoms with van der Waals surface area (Å²) in [6.45, 7) is 4.87. The molecule has 19 heavy (non-hydrogen) atoms. The van der Waals surface area contributed by atoms with Crippen LogP contribution in [0.3, 0.4) is 0 Å². The molecular formula is C14H26N2O3. The first kappa shape index (κ1) is 15.8. The second kappa shape index (κ2) is 7.36. The zero-order chi connectivity index (χ0) is 14.3. The van der Waals surface area contributed by atoms with Gasteiger partial charge in [0.2, 0.25) is 0 Å². The van der Waals surface area contributed by atoms with Crippen molar-refractivity contribution in [3.63, 3.8) is 0 Å². The van der Waals surface area contributed by atoms with Crippen LogP contribution < -0.4 is 10.6 Å². The Labute approximate surface area is 115 Å². The third kappa shape index (κ3) is 5.09. The third-order valence-corrected chi connectivity index (χ3v) is 4.13. The van der Waals surface area contributed by atoms with Gasteiger partial charge in [-0.3, -0.25) is 4.79 Å². The molecule has 0 aromatic carbocycles. The van der Waals surface area contributed by atoms with Gasteiger partial charge in [0, 0.05) is 6.54 Å². The number of hydrogen-bond donors (Lipinski definition) is 3. The van der Waals surface area contributed by atoms with Crippen LogP contribution >= 0.6 is 0 Å². The number of nitrogens with one attached hydrogen (secondary N) is 2. The molecule has 1 rings (SSSR count). The normalized spacial score (nSPS) is 17.4. The number of urea groups is 1. The van der Waals surface area contributed by atoms with Crippen molar-refractivity contribution in [3.8, 4) is 0 Å². The molecule has 5 nitrogen and oxygen atoms in total. The lowest BCUT2D eigenvalue weighted by atomic mass is 9.93. The van der Waals surface area contributed by atoms with Crippen molar-refractivity contribution in [1.82, 2.24) is 10.6 Å². The summed E-state index contributed by atoms with van der Waals surface area (Å²) < 4.78 is 0. The van der Waals surface area contributed by atoms with Crippen LogP contribution in [0, 0.1) is 5.92 Å². The number of carboxylic acid groups (broad SMARTS) is 1. The molecule has 0 aromatic rings. The van der Waals surface area contributed by atoms with E-state index in [9.17, 15) is 9.59 Å². The minimum Gasteiger partial charge on any atom is -0.481 e. The van der Waals surface area contributed by atoms with Crippen LogP contribution in [0.5, 0.6) is 0 Å². The Bertz CT molecular complexity index is 308. The highest BCUT2D eigenvalue weighted by molar-refractivity contribution is 5.76. The number of rotatable bonds is 7. The Balaban J connectivity index is 2.46. The van der Waals surface area contributed by atoms with Gasteiger partial charge in [-0.2, -0.15) is 0 Å². The fourth-order valence-electron chi connectivity index (χ4n) is 2.79. The van der Waals surface area contributed by atoms with Gasteiger partial charge in [0.15, 0.2) is 0 Å². The minimum absolute atomic E-state index is 0.0193. The molecule has 0 radical (unpaired) electrons. The van der Waals surface area contributed by atoms with Crippen molar-refractivity contribution in [2.24, 2.45) is 5.92 Å². The quantitative estimate of drug-likeness (QED) is 0.665. The van der Waals surface area contributed by atoms with Gasteiger partial charge in [-0.15, -0.1) is 0 Å². The van der Waals surface area contributed by atoms with E-state index in [1.807, 2.05) is 0 Å². The van der Waals surface area contributed by atoms with E-state index in [1.54, 1.807) is 0 Å². The van der Waals surface area contributed by atoms with E-state index in [2.05, 4.69) is 24.5 Å². The van der Waals surface area contributed by atoms with Crippen molar-refractivity contribution in [2.75, 3.05) is 6.54 Å². The molecule has 5 heteroatoms. The molecule has 0 unspecified atom stereocenters. The SMILES string of the molecule is CCC(CC)CNC(=O)NC1(CC(=O)O)CCCC1. The molecule has 3 N–H and O–H groups in total. The molecule has 110 valence electrons. The summed E-state index contributed by atoms with van der Waals surface area (Å²) in [5, 5.41) is 14.7. The van der Waals surface area contributed by atoms with E-state index in [4.69, 9.17) is 5.11 Å². The average molecular weight is 270 g/mol. The van der Waals surface area contributed by atoms with Crippen LogP contribution in [-0.4, -0.2) is 29.2 Å². The molecule has 1 fully saturated rings. The van der Waals surface area contributed by atoms with Crippen molar-refractivity contribution in [1.29, 1.82) is 0 Å². The van der Waals surface area contributed by atoms with Crippen molar-refractivity contribution >= 4 is 12.0 Å². The molecule has 1 aliphatic rings. The van der Waals surface area contributed by atoms with E-state index in [-0.39, 0.29) is 12.5 Å². The van der Waals surface area contributed by atoms with Gasteiger partial charge in [0.1, 0.15) is 0 Å². The number of aliphatic carboxylic acids is 1. The van der Waals surface area contributed by atoms with Gasteiger partial charge >= 0.3 is 12.0 Å². The van der Waals surface area contributed by atoms with Crippen LogP contribution in [0.2, 0.25) is 0 Å². The third-order valence-electron chi connectivity index (χ3n) is 4.13. The highest BCUT2D eigenvalue weighted by Gasteiger charge is 2.37. The summed E-state index contributed by atoms with van der Waals surface area (Å²) in [6.07, 6.45) is 5.59. The first-order valence-electron chi connectivity index (χ1n) is 7.29. The molecule has 0 saturated heterocycles. The van der Waals surface area contributed by atoms with Gasteiger partial charge in [0.25, 0.3) is 0 Å². The molecule has 1 saturated carbocycles. The minimum atomic E-state index is -0.845. The van der Waals surface area contributed by atoms with Crippen LogP contribution in [0.25, 0.3) is 0 Å². The smallest absolute Gasteiger partial charge is 0.315 e. The van der Waals surface area contributed by atoms with Crippen molar-refractivity contribution in [3.05, 3.63) is 0 Å². The first-order chi connectivity index (χ1) is 9.01. The summed E-state index contributed by atoms with van der Waals surface area (Å²) in [4.78, 5) is 22.8. The van der Waals surface area contributed by atoms with E-state index in [0.29, 0.717) is 12.5 Å². The second-order valence-electron chi connectivity index (χ2n) is 5.58. The Kier molecular flexibility index (Phi) is 6.12. The summed E-state index contributed by atoms with van der Waals surface area (Å²) in [6, 6.07) is -0.227. The van der Waals surface area contributed by atoms with Gasteiger partial charge in [0.05, 0.1) is 12.0 Å². The topological polar surface area (TPSA) is 78.4 Å². The second-order valence-corrected chi connectivity index (χ2v) is 5.58. The Hall–Kier alpha value is -1.26. The first-order valence-corrected chi connectivity index (χ1v) is 7.29. The van der Waals surface area contributed by atoms with Crippen LogP contribution in [0.15, 0.2) is 0 Å². The highest BCUT2D eigenvalue weighted by atomic mass is 16.4. The largest absolute Gasteiger partial charge is 0.481 e. The van der Waals surface area contributed by atoms with Crippen molar-refractivity contribution in [2.45, 2.75) is 64.3 Å². The monoisotopic (exact) mass is 270 g/mol. The number of hydrogen-bond acceptors (Lipinski definition) is 2. The highest BCUT2D eigenvalue weighted by Crippen LogP contribution is 2.32. The van der Waals surface area contributed by atoms with Crippen LogP contribution in [0.4, 0.5) is 4.79 Å². The summed E-state index contributed by atoms with van der Waals surface area (Å²) in [5.41, 5.74) is -0.538. The summed E-state index contributed by atoms with van der Waals surface area (Å²) >= 11 is 0. The maximum atomic E-state index is 11.9. The van der Waals surface area contributed by atoms with Crippen molar-refractivity contribution < 1.29 is 14.7 Å². The van der Waals surface area contributed by atoms with E-state index in [0.717, 1.165) is 38.5 Å². The zero-order valence-corrected chi connectivity index (χ0v) is 12.0. The summed E-state index contributed by atoms with van der Waals surface area (Å²) in [5.74, 6) is -0.355. The zero-order valence-electron chi connectivity index (χ0n) is 12.0. The lowest BCUT2D eigenvalue weighted by molar-refractivity contribution is -0.138. The molecule has 0 aromatic heterocycles. The molecule has 0 atom stereocenters. The van der Waals surface area contributed by atoms with E-state index >= 15 is 0 Å². The number of carbonyl (C=O) groups excluding carboxylic acids is 1. The standard InChI is InChI=1S/C14H26N2O3/c1-3-11(4-2)10-15-13(19)16-14(9-12(17)18)7-5-6-8-14/h11H,3-10H2,1-2H3,(H,17,18)(H2,15,16,19). The lowest BCUT2D eigenvalue weighted by Gasteiger charge is -2.29. The Morgan fingerprint density at radius 1 is 1.21 bits per heavy atom. The predicted molar refractivity (Wildman–Crippen MR) is 74.1 cm³/mol. The van der Waals surface area contributed by atoms with Gasteiger partial charge in [-0.05, 0) is 18.8 Å². The number of amides is 2. The molecule has 0 aliphatic heterocycles. The maximum absolute atomic E-state index is 11.9. The molecule has 0 heterocycles. The van der Waals surface area contributed by atoms with E-state index < -0.39 is 11.5 Å². The molecule has 2 amide bonds. The molecule has 0 spiro atoms.